The van der Waals surface area contributed by atoms with Crippen LogP contribution in [-0.4, -0.2) is 40.5 Å². The maximum Gasteiger partial charge on any atom is 0.362 e. The summed E-state index contributed by atoms with van der Waals surface area (Å²) in [7, 11) is 1.20. The normalized spacial score (nSPS) is 27.1. The van der Waals surface area contributed by atoms with Gasteiger partial charge in [0.15, 0.2) is 0 Å². The highest BCUT2D eigenvalue weighted by Crippen LogP contribution is 2.40. The minimum atomic E-state index is -2.04. The zero-order chi connectivity index (χ0) is 15.7. The minimum Gasteiger partial charge on any atom is -0.465 e. The third-order valence-electron chi connectivity index (χ3n) is 4.31. The molecule has 1 fully saturated rings. The molecular weight excluding hydrogens is 284 g/mol. The van der Waals surface area contributed by atoms with Crippen molar-refractivity contribution in [2.45, 2.75) is 31.4 Å². The Bertz CT molecular complexity index is 628. The van der Waals surface area contributed by atoms with Gasteiger partial charge in [-0.25, -0.2) is 4.79 Å². The first-order valence-corrected chi connectivity index (χ1v) is 7.36. The SMILES string of the molecule is COC(=O)[C@]1(O)[C@H]2CCCCC2=NN1C(=O)c1ccccc1. The summed E-state index contributed by atoms with van der Waals surface area (Å²) in [5.74, 6) is -1.83. The van der Waals surface area contributed by atoms with Crippen LogP contribution < -0.4 is 0 Å². The summed E-state index contributed by atoms with van der Waals surface area (Å²) in [6.45, 7) is 0. The lowest BCUT2D eigenvalue weighted by Gasteiger charge is -2.34. The van der Waals surface area contributed by atoms with Crippen molar-refractivity contribution in [1.29, 1.82) is 0 Å². The molecule has 2 aliphatic rings. The lowest BCUT2D eigenvalue weighted by molar-refractivity contribution is -0.184. The van der Waals surface area contributed by atoms with Gasteiger partial charge in [0.2, 0.25) is 0 Å². The summed E-state index contributed by atoms with van der Waals surface area (Å²) >= 11 is 0. The molecule has 1 aromatic rings. The van der Waals surface area contributed by atoms with Crippen LogP contribution in [0.2, 0.25) is 0 Å². The number of nitrogens with zero attached hydrogens (tertiary/aromatic N) is 2. The van der Waals surface area contributed by atoms with Crippen molar-refractivity contribution in [2.75, 3.05) is 7.11 Å². The van der Waals surface area contributed by atoms with Gasteiger partial charge in [-0.15, -0.1) is 0 Å². The Morgan fingerprint density at radius 2 is 2.05 bits per heavy atom. The van der Waals surface area contributed by atoms with Gasteiger partial charge in [-0.1, -0.05) is 24.6 Å². The van der Waals surface area contributed by atoms with E-state index in [9.17, 15) is 14.7 Å². The Morgan fingerprint density at radius 1 is 1.32 bits per heavy atom. The molecule has 1 amide bonds. The van der Waals surface area contributed by atoms with E-state index < -0.39 is 23.5 Å². The summed E-state index contributed by atoms with van der Waals surface area (Å²) in [5.41, 5.74) is -0.978. The van der Waals surface area contributed by atoms with Gasteiger partial charge >= 0.3 is 5.97 Å². The molecule has 1 heterocycles. The highest BCUT2D eigenvalue weighted by atomic mass is 16.5. The number of rotatable bonds is 2. The maximum atomic E-state index is 12.7. The van der Waals surface area contributed by atoms with E-state index in [1.807, 2.05) is 0 Å². The number of esters is 1. The first-order valence-electron chi connectivity index (χ1n) is 7.36. The monoisotopic (exact) mass is 302 g/mol. The molecule has 6 nitrogen and oxygen atoms in total. The van der Waals surface area contributed by atoms with Crippen LogP contribution >= 0.6 is 0 Å². The number of fused-ring (bicyclic) bond motifs is 1. The summed E-state index contributed by atoms with van der Waals surface area (Å²) in [4.78, 5) is 24.9. The third kappa shape index (κ3) is 2.11. The molecule has 1 saturated carbocycles. The van der Waals surface area contributed by atoms with E-state index in [2.05, 4.69) is 5.10 Å². The largest absolute Gasteiger partial charge is 0.465 e. The molecule has 0 bridgehead atoms. The highest BCUT2D eigenvalue weighted by Gasteiger charge is 2.59. The molecule has 1 aromatic carbocycles. The molecule has 0 radical (unpaired) electrons. The molecule has 3 rings (SSSR count). The Labute approximate surface area is 128 Å². The van der Waals surface area contributed by atoms with E-state index in [1.54, 1.807) is 30.3 Å². The average molecular weight is 302 g/mol. The predicted octanol–water partition coefficient (Wildman–Crippen LogP) is 1.55. The highest BCUT2D eigenvalue weighted by molar-refractivity contribution is 6.04. The van der Waals surface area contributed by atoms with Crippen molar-refractivity contribution in [3.8, 4) is 0 Å². The molecule has 1 aliphatic heterocycles. The lowest BCUT2D eigenvalue weighted by Crippen LogP contribution is -2.57. The number of ether oxygens (including phenoxy) is 1. The van der Waals surface area contributed by atoms with E-state index in [0.29, 0.717) is 24.1 Å². The average Bonchev–Trinajstić information content (AvgIpc) is 2.88. The standard InChI is InChI=1S/C16H18N2O4/c1-22-15(20)16(21)12-9-5-6-10-13(12)17-18(16)14(19)11-7-3-2-4-8-11/h2-4,7-8,12,21H,5-6,9-10H2,1H3/t12-,16+/m0/s1. The second kappa shape index (κ2) is 5.53. The Kier molecular flexibility index (Phi) is 3.70. The summed E-state index contributed by atoms with van der Waals surface area (Å²) < 4.78 is 4.75. The van der Waals surface area contributed by atoms with Crippen molar-refractivity contribution in [3.05, 3.63) is 35.9 Å². The molecule has 0 saturated heterocycles. The first-order chi connectivity index (χ1) is 10.6. The number of carbonyl (C=O) groups is 2. The second-order valence-corrected chi connectivity index (χ2v) is 5.59. The number of carbonyl (C=O) groups excluding carboxylic acids is 2. The van der Waals surface area contributed by atoms with E-state index >= 15 is 0 Å². The number of methoxy groups -OCH3 is 1. The summed E-state index contributed by atoms with van der Waals surface area (Å²) in [6, 6.07) is 8.49. The van der Waals surface area contributed by atoms with Crippen LogP contribution in [-0.2, 0) is 9.53 Å². The molecule has 6 heteroatoms. The fourth-order valence-corrected chi connectivity index (χ4v) is 3.18. The second-order valence-electron chi connectivity index (χ2n) is 5.59. The molecule has 0 unspecified atom stereocenters. The van der Waals surface area contributed by atoms with E-state index in [4.69, 9.17) is 4.74 Å². The van der Waals surface area contributed by atoms with Gasteiger partial charge < -0.3 is 9.84 Å². The zero-order valence-electron chi connectivity index (χ0n) is 12.4. The lowest BCUT2D eigenvalue weighted by atomic mass is 9.80. The van der Waals surface area contributed by atoms with Crippen molar-refractivity contribution >= 4 is 17.6 Å². The van der Waals surface area contributed by atoms with Crippen molar-refractivity contribution < 1.29 is 19.4 Å². The van der Waals surface area contributed by atoms with Crippen molar-refractivity contribution in [3.63, 3.8) is 0 Å². The molecule has 0 aromatic heterocycles. The zero-order valence-corrected chi connectivity index (χ0v) is 12.4. The fourth-order valence-electron chi connectivity index (χ4n) is 3.18. The van der Waals surface area contributed by atoms with Gasteiger partial charge in [0.25, 0.3) is 11.6 Å². The number of aliphatic hydroxyl groups is 1. The number of amides is 1. The Morgan fingerprint density at radius 3 is 2.73 bits per heavy atom. The molecule has 0 spiro atoms. The summed E-state index contributed by atoms with van der Waals surface area (Å²) in [5, 5.41) is 16.1. The molecule has 116 valence electrons. The van der Waals surface area contributed by atoms with Gasteiger partial charge in [-0.05, 0) is 31.4 Å². The van der Waals surface area contributed by atoms with Crippen LogP contribution in [0.1, 0.15) is 36.0 Å². The first kappa shape index (κ1) is 14.7. The Hall–Kier alpha value is -2.21. The predicted molar refractivity (Wildman–Crippen MR) is 79.0 cm³/mol. The topological polar surface area (TPSA) is 79.2 Å². The van der Waals surface area contributed by atoms with Crippen molar-refractivity contribution in [2.24, 2.45) is 11.0 Å². The minimum absolute atomic E-state index is 0.368. The number of hydrazone groups is 1. The quantitative estimate of drug-likeness (QED) is 0.841. The van der Waals surface area contributed by atoms with Gasteiger partial charge in [0.05, 0.1) is 13.0 Å². The maximum absolute atomic E-state index is 12.7. The number of hydrogen-bond donors (Lipinski definition) is 1. The molecule has 22 heavy (non-hydrogen) atoms. The fraction of sp³-hybridized carbons (Fsp3) is 0.438. The van der Waals surface area contributed by atoms with Crippen molar-refractivity contribution in [1.82, 2.24) is 5.01 Å². The van der Waals surface area contributed by atoms with Crippen LogP contribution in [0.15, 0.2) is 35.4 Å². The van der Waals surface area contributed by atoms with Crippen LogP contribution in [0.5, 0.6) is 0 Å². The molecule has 1 N–H and O–H groups in total. The number of benzene rings is 1. The smallest absolute Gasteiger partial charge is 0.362 e. The van der Waals surface area contributed by atoms with Gasteiger partial charge in [-0.3, -0.25) is 4.79 Å². The molecular formula is C16H18N2O4. The number of hydrogen-bond acceptors (Lipinski definition) is 5. The molecule has 2 atom stereocenters. The van der Waals surface area contributed by atoms with Crippen LogP contribution in [0.4, 0.5) is 0 Å². The van der Waals surface area contributed by atoms with Crippen LogP contribution in [0, 0.1) is 5.92 Å². The third-order valence-corrected chi connectivity index (χ3v) is 4.31. The van der Waals surface area contributed by atoms with Gasteiger partial charge in [0.1, 0.15) is 0 Å². The Balaban J connectivity index is 2.02. The van der Waals surface area contributed by atoms with E-state index in [0.717, 1.165) is 17.9 Å². The van der Waals surface area contributed by atoms with Crippen LogP contribution in [0.3, 0.4) is 0 Å². The summed E-state index contributed by atoms with van der Waals surface area (Å²) in [6.07, 6.45) is 3.13. The van der Waals surface area contributed by atoms with E-state index in [1.165, 1.54) is 7.11 Å². The van der Waals surface area contributed by atoms with Gasteiger partial charge in [0, 0.05) is 11.3 Å². The molecule has 1 aliphatic carbocycles. The van der Waals surface area contributed by atoms with E-state index in [-0.39, 0.29) is 0 Å². The van der Waals surface area contributed by atoms with Gasteiger partial charge in [-0.2, -0.15) is 10.1 Å². The van der Waals surface area contributed by atoms with Crippen LogP contribution in [0.25, 0.3) is 0 Å².